The number of aromatic nitrogens is 3. The Bertz CT molecular complexity index is 716. The molecular weight excluding hydrogens is 280 g/mol. The summed E-state index contributed by atoms with van der Waals surface area (Å²) in [7, 11) is 0. The van der Waals surface area contributed by atoms with Gasteiger partial charge in [0.15, 0.2) is 0 Å². The molecule has 3 rings (SSSR count). The lowest BCUT2D eigenvalue weighted by Crippen LogP contribution is -2.25. The molecule has 1 atom stereocenters. The Kier molecular flexibility index (Phi) is 4.31. The van der Waals surface area contributed by atoms with Gasteiger partial charge in [-0.05, 0) is 42.1 Å². The SMILES string of the molecule is CCCn1nccc1C(NCC)c1cnc2ccsc2c1. The maximum absolute atomic E-state index is 4.57. The first-order valence-corrected chi connectivity index (χ1v) is 8.29. The Morgan fingerprint density at radius 1 is 1.33 bits per heavy atom. The summed E-state index contributed by atoms with van der Waals surface area (Å²) < 4.78 is 3.32. The third-order valence-corrected chi connectivity index (χ3v) is 4.40. The molecule has 0 bridgehead atoms. The van der Waals surface area contributed by atoms with Crippen LogP contribution >= 0.6 is 11.3 Å². The number of aryl methyl sites for hydroxylation is 1. The van der Waals surface area contributed by atoms with Gasteiger partial charge in [-0.3, -0.25) is 9.67 Å². The minimum atomic E-state index is 0.142. The second-order valence-corrected chi connectivity index (χ2v) is 5.99. The summed E-state index contributed by atoms with van der Waals surface area (Å²) in [5.41, 5.74) is 3.47. The van der Waals surface area contributed by atoms with Crippen LogP contribution in [0.15, 0.2) is 36.0 Å². The van der Waals surface area contributed by atoms with Crippen LogP contribution in [-0.4, -0.2) is 21.3 Å². The standard InChI is InChI=1S/C16H20N4S/c1-3-8-20-14(5-7-19-20)16(17-4-2)12-10-15-13(18-11-12)6-9-21-15/h5-7,9-11,16-17H,3-4,8H2,1-2H3. The van der Waals surface area contributed by atoms with Gasteiger partial charge in [0.25, 0.3) is 0 Å². The van der Waals surface area contributed by atoms with E-state index >= 15 is 0 Å². The van der Waals surface area contributed by atoms with E-state index in [1.165, 1.54) is 16.0 Å². The molecule has 0 aromatic carbocycles. The monoisotopic (exact) mass is 300 g/mol. The number of rotatable bonds is 6. The van der Waals surface area contributed by atoms with Gasteiger partial charge in [0.1, 0.15) is 0 Å². The van der Waals surface area contributed by atoms with Gasteiger partial charge >= 0.3 is 0 Å². The number of pyridine rings is 1. The molecule has 5 heteroatoms. The fourth-order valence-corrected chi connectivity index (χ4v) is 3.39. The molecule has 0 amide bonds. The molecule has 3 aromatic heterocycles. The molecule has 1 unspecified atom stereocenters. The van der Waals surface area contributed by atoms with Crippen LogP contribution in [-0.2, 0) is 6.54 Å². The number of hydrogen-bond donors (Lipinski definition) is 1. The van der Waals surface area contributed by atoms with Gasteiger partial charge in [0.2, 0.25) is 0 Å². The van der Waals surface area contributed by atoms with Crippen molar-refractivity contribution in [1.82, 2.24) is 20.1 Å². The number of thiophene rings is 1. The van der Waals surface area contributed by atoms with Gasteiger partial charge in [-0.1, -0.05) is 13.8 Å². The first-order chi connectivity index (χ1) is 10.3. The molecule has 0 saturated carbocycles. The van der Waals surface area contributed by atoms with Gasteiger partial charge < -0.3 is 5.32 Å². The van der Waals surface area contributed by atoms with Crippen molar-refractivity contribution in [1.29, 1.82) is 0 Å². The largest absolute Gasteiger partial charge is 0.305 e. The fourth-order valence-electron chi connectivity index (χ4n) is 2.60. The summed E-state index contributed by atoms with van der Waals surface area (Å²) in [6.45, 7) is 6.15. The zero-order valence-corrected chi connectivity index (χ0v) is 13.2. The smallest absolute Gasteiger partial charge is 0.0809 e. The lowest BCUT2D eigenvalue weighted by Gasteiger charge is -2.19. The van der Waals surface area contributed by atoms with Crippen LogP contribution in [0.3, 0.4) is 0 Å². The van der Waals surface area contributed by atoms with Crippen LogP contribution in [0.5, 0.6) is 0 Å². The average Bonchev–Trinajstić information content (AvgIpc) is 3.13. The summed E-state index contributed by atoms with van der Waals surface area (Å²) in [5.74, 6) is 0. The van der Waals surface area contributed by atoms with E-state index in [4.69, 9.17) is 0 Å². The normalized spacial score (nSPS) is 12.9. The molecule has 0 fully saturated rings. The molecule has 21 heavy (non-hydrogen) atoms. The molecule has 0 saturated heterocycles. The lowest BCUT2D eigenvalue weighted by molar-refractivity contribution is 0.520. The molecule has 0 aliphatic rings. The Hall–Kier alpha value is -1.72. The molecule has 0 aliphatic heterocycles. The van der Waals surface area contributed by atoms with Crippen LogP contribution in [0, 0.1) is 0 Å². The molecule has 0 radical (unpaired) electrons. The van der Waals surface area contributed by atoms with Crippen molar-refractivity contribution in [3.63, 3.8) is 0 Å². The fraction of sp³-hybridized carbons (Fsp3) is 0.375. The van der Waals surface area contributed by atoms with Crippen molar-refractivity contribution in [2.45, 2.75) is 32.9 Å². The van der Waals surface area contributed by atoms with Gasteiger partial charge in [-0.2, -0.15) is 5.10 Å². The second kappa shape index (κ2) is 6.37. The Balaban J connectivity index is 2.01. The highest BCUT2D eigenvalue weighted by Gasteiger charge is 2.18. The molecule has 4 nitrogen and oxygen atoms in total. The zero-order chi connectivity index (χ0) is 14.7. The van der Waals surface area contributed by atoms with Gasteiger partial charge in [-0.25, -0.2) is 0 Å². The third kappa shape index (κ3) is 2.84. The summed E-state index contributed by atoms with van der Waals surface area (Å²) in [6.07, 6.45) is 4.94. The molecular formula is C16H20N4S. The van der Waals surface area contributed by atoms with Crippen LogP contribution in [0.2, 0.25) is 0 Å². The Morgan fingerprint density at radius 3 is 3.05 bits per heavy atom. The molecule has 1 N–H and O–H groups in total. The van der Waals surface area contributed by atoms with Crippen molar-refractivity contribution >= 4 is 21.6 Å². The third-order valence-electron chi connectivity index (χ3n) is 3.55. The lowest BCUT2D eigenvalue weighted by atomic mass is 10.1. The van der Waals surface area contributed by atoms with E-state index < -0.39 is 0 Å². The molecule has 0 spiro atoms. The van der Waals surface area contributed by atoms with Crippen LogP contribution in [0.4, 0.5) is 0 Å². The number of nitrogens with one attached hydrogen (secondary N) is 1. The van der Waals surface area contributed by atoms with E-state index in [1.807, 2.05) is 12.4 Å². The molecule has 3 heterocycles. The average molecular weight is 300 g/mol. The highest BCUT2D eigenvalue weighted by molar-refractivity contribution is 7.17. The Morgan fingerprint density at radius 2 is 2.24 bits per heavy atom. The van der Waals surface area contributed by atoms with Gasteiger partial charge in [0.05, 0.1) is 22.0 Å². The van der Waals surface area contributed by atoms with Crippen LogP contribution in [0.1, 0.15) is 37.6 Å². The van der Waals surface area contributed by atoms with Crippen molar-refractivity contribution in [3.05, 3.63) is 47.2 Å². The van der Waals surface area contributed by atoms with Crippen molar-refractivity contribution in [2.75, 3.05) is 6.54 Å². The quantitative estimate of drug-likeness (QED) is 0.756. The maximum Gasteiger partial charge on any atom is 0.0809 e. The number of fused-ring (bicyclic) bond motifs is 1. The predicted octanol–water partition coefficient (Wildman–Crippen LogP) is 3.60. The second-order valence-electron chi connectivity index (χ2n) is 5.04. The minimum absolute atomic E-state index is 0.142. The summed E-state index contributed by atoms with van der Waals surface area (Å²) in [4.78, 5) is 4.57. The first-order valence-electron chi connectivity index (χ1n) is 7.41. The van der Waals surface area contributed by atoms with Crippen LogP contribution in [0.25, 0.3) is 10.2 Å². The van der Waals surface area contributed by atoms with Crippen molar-refractivity contribution < 1.29 is 0 Å². The van der Waals surface area contributed by atoms with E-state index in [1.54, 1.807) is 11.3 Å². The molecule has 110 valence electrons. The van der Waals surface area contributed by atoms with Crippen molar-refractivity contribution in [3.8, 4) is 0 Å². The van der Waals surface area contributed by atoms with Crippen LogP contribution < -0.4 is 5.32 Å². The van der Waals surface area contributed by atoms with Gasteiger partial charge in [0, 0.05) is 18.9 Å². The van der Waals surface area contributed by atoms with E-state index in [0.29, 0.717) is 0 Å². The van der Waals surface area contributed by atoms with E-state index in [9.17, 15) is 0 Å². The summed E-state index contributed by atoms with van der Waals surface area (Å²) in [6, 6.07) is 6.54. The first kappa shape index (κ1) is 14.2. The van der Waals surface area contributed by atoms with Gasteiger partial charge in [-0.15, -0.1) is 11.3 Å². The number of hydrogen-bond acceptors (Lipinski definition) is 4. The summed E-state index contributed by atoms with van der Waals surface area (Å²) >= 11 is 1.74. The maximum atomic E-state index is 4.57. The highest BCUT2D eigenvalue weighted by Crippen LogP contribution is 2.26. The predicted molar refractivity (Wildman–Crippen MR) is 87.7 cm³/mol. The summed E-state index contributed by atoms with van der Waals surface area (Å²) in [5, 5.41) is 10.1. The molecule has 0 aliphatic carbocycles. The topological polar surface area (TPSA) is 42.7 Å². The number of nitrogens with zero attached hydrogens (tertiary/aromatic N) is 3. The highest BCUT2D eigenvalue weighted by atomic mass is 32.1. The van der Waals surface area contributed by atoms with E-state index in [2.05, 4.69) is 57.5 Å². The van der Waals surface area contributed by atoms with E-state index in [-0.39, 0.29) is 6.04 Å². The Labute approximate surface area is 128 Å². The molecule has 3 aromatic rings. The van der Waals surface area contributed by atoms with Crippen molar-refractivity contribution in [2.24, 2.45) is 0 Å². The minimum Gasteiger partial charge on any atom is -0.305 e. The zero-order valence-electron chi connectivity index (χ0n) is 12.4. The van der Waals surface area contributed by atoms with E-state index in [0.717, 1.165) is 25.0 Å².